The normalized spacial score (nSPS) is 14.7. The highest BCUT2D eigenvalue weighted by Crippen LogP contribution is 2.29. The van der Waals surface area contributed by atoms with Gasteiger partial charge in [0.05, 0.1) is 12.5 Å². The number of benzene rings is 4. The molecule has 1 aromatic heterocycles. The van der Waals surface area contributed by atoms with Crippen LogP contribution in [0.1, 0.15) is 44.5 Å². The summed E-state index contributed by atoms with van der Waals surface area (Å²) in [4.78, 5) is 0. The van der Waals surface area contributed by atoms with Crippen molar-refractivity contribution in [2.24, 2.45) is 0 Å². The average molecular weight is 670 g/mol. The van der Waals surface area contributed by atoms with Crippen LogP contribution in [-0.4, -0.2) is 33.9 Å². The first-order valence-corrected chi connectivity index (χ1v) is 19.5. The number of aromatic nitrogens is 2. The molecular formula is C37H37N2O6S2+. The van der Waals surface area contributed by atoms with Crippen LogP contribution in [-0.2, 0) is 71.6 Å². The van der Waals surface area contributed by atoms with E-state index in [2.05, 4.69) is 76.4 Å². The lowest BCUT2D eigenvalue weighted by Crippen LogP contribution is -2.30. The van der Waals surface area contributed by atoms with Crippen molar-refractivity contribution < 1.29 is 29.8 Å². The molecule has 0 atom stereocenters. The van der Waals surface area contributed by atoms with Gasteiger partial charge >= 0.3 is 20.2 Å². The Labute approximate surface area is 276 Å². The van der Waals surface area contributed by atoms with Gasteiger partial charge in [-0.25, -0.2) is 9.13 Å². The predicted molar refractivity (Wildman–Crippen MR) is 181 cm³/mol. The SMILES string of the molecule is CS(=O)(=O)Oc1cc2ccc1CCc1ccc(c(-n3cc[n+](-c4cc5ccc4CCc4ccc(c(OS(C)(=O)=O)c4)CC5)c3)c1)CC2. The van der Waals surface area contributed by atoms with E-state index in [4.69, 9.17) is 8.37 Å². The maximum absolute atomic E-state index is 11.9. The van der Waals surface area contributed by atoms with Crippen LogP contribution in [0.3, 0.4) is 0 Å². The highest BCUT2D eigenvalue weighted by Gasteiger charge is 2.20. The van der Waals surface area contributed by atoms with E-state index in [9.17, 15) is 16.8 Å². The fourth-order valence-corrected chi connectivity index (χ4v) is 7.56. The third-order valence-corrected chi connectivity index (χ3v) is 9.93. The molecule has 8 aliphatic carbocycles. The van der Waals surface area contributed by atoms with Gasteiger partial charge in [-0.05, 0) is 120 Å². The van der Waals surface area contributed by atoms with Gasteiger partial charge in [-0.15, -0.1) is 0 Å². The van der Waals surface area contributed by atoms with Gasteiger partial charge in [0, 0.05) is 0 Å². The third-order valence-electron chi connectivity index (χ3n) is 8.97. The average Bonchev–Trinajstić information content (AvgIpc) is 3.49. The van der Waals surface area contributed by atoms with E-state index in [-0.39, 0.29) is 0 Å². The van der Waals surface area contributed by atoms with Gasteiger partial charge in [0.1, 0.15) is 35.3 Å². The van der Waals surface area contributed by atoms with Crippen LogP contribution in [0.5, 0.6) is 11.5 Å². The number of hydrogen-bond donors (Lipinski definition) is 0. The smallest absolute Gasteiger partial charge is 0.306 e. The molecular weight excluding hydrogens is 633 g/mol. The zero-order chi connectivity index (χ0) is 32.8. The minimum Gasteiger partial charge on any atom is -0.382 e. The first-order chi connectivity index (χ1) is 22.5. The van der Waals surface area contributed by atoms with Gasteiger partial charge in [0.15, 0.2) is 0 Å². The Hall–Kier alpha value is -4.41. The molecule has 0 unspecified atom stereocenters. The molecule has 4 aromatic carbocycles. The lowest BCUT2D eigenvalue weighted by atomic mass is 9.95. The molecule has 0 amide bonds. The van der Waals surface area contributed by atoms with Crippen molar-refractivity contribution in [2.45, 2.75) is 51.4 Å². The molecule has 8 aliphatic rings. The van der Waals surface area contributed by atoms with Gasteiger partial charge < -0.3 is 8.37 Å². The van der Waals surface area contributed by atoms with Crippen LogP contribution in [0.2, 0.25) is 0 Å². The zero-order valence-corrected chi connectivity index (χ0v) is 28.1. The van der Waals surface area contributed by atoms with Crippen LogP contribution in [0.15, 0.2) is 91.5 Å². The van der Waals surface area contributed by atoms with Gasteiger partial charge in [0.25, 0.3) is 6.33 Å². The van der Waals surface area contributed by atoms with Crippen molar-refractivity contribution >= 4 is 20.2 Å². The summed E-state index contributed by atoms with van der Waals surface area (Å²) in [5.41, 5.74) is 10.8. The molecule has 0 radical (unpaired) electrons. The molecule has 0 saturated carbocycles. The summed E-state index contributed by atoms with van der Waals surface area (Å²) in [6.07, 6.45) is 14.4. The maximum atomic E-state index is 11.9. The summed E-state index contributed by atoms with van der Waals surface area (Å²) in [7, 11) is -7.25. The van der Waals surface area contributed by atoms with E-state index in [1.807, 2.05) is 24.3 Å². The van der Waals surface area contributed by atoms with E-state index in [1.54, 1.807) is 0 Å². The maximum Gasteiger partial charge on any atom is 0.306 e. The second-order valence-corrected chi connectivity index (χ2v) is 15.8. The monoisotopic (exact) mass is 669 g/mol. The zero-order valence-electron chi connectivity index (χ0n) is 26.5. The highest BCUT2D eigenvalue weighted by atomic mass is 32.2. The number of aryl methyl sites for hydroxylation is 8. The molecule has 1 heterocycles. The highest BCUT2D eigenvalue weighted by molar-refractivity contribution is 7.86. The Morgan fingerprint density at radius 2 is 1.00 bits per heavy atom. The van der Waals surface area contributed by atoms with E-state index in [0.29, 0.717) is 24.3 Å². The fourth-order valence-electron chi connectivity index (χ4n) is 6.59. The lowest BCUT2D eigenvalue weighted by molar-refractivity contribution is -0.595. The fraction of sp³-hybridized carbons (Fsp3) is 0.270. The summed E-state index contributed by atoms with van der Waals surface area (Å²) >= 11 is 0. The third kappa shape index (κ3) is 7.29. The largest absolute Gasteiger partial charge is 0.382 e. The molecule has 0 fully saturated rings. The van der Waals surface area contributed by atoms with Gasteiger partial charge in [-0.2, -0.15) is 16.8 Å². The van der Waals surface area contributed by atoms with Crippen molar-refractivity contribution in [3.8, 4) is 22.9 Å². The van der Waals surface area contributed by atoms with E-state index in [1.165, 1.54) is 22.3 Å². The van der Waals surface area contributed by atoms with Crippen LogP contribution in [0, 0.1) is 0 Å². The molecule has 13 rings (SSSR count). The van der Waals surface area contributed by atoms with Crippen LogP contribution in [0.4, 0.5) is 0 Å². The van der Waals surface area contributed by atoms with Crippen molar-refractivity contribution in [3.63, 3.8) is 0 Å². The quantitative estimate of drug-likeness (QED) is 0.182. The Morgan fingerprint density at radius 1 is 0.553 bits per heavy atom. The predicted octanol–water partition coefficient (Wildman–Crippen LogP) is 5.20. The molecule has 8 bridgehead atoms. The second kappa shape index (κ2) is 12.3. The first-order valence-electron chi connectivity index (χ1n) is 15.8. The van der Waals surface area contributed by atoms with Crippen molar-refractivity contribution in [3.05, 3.63) is 136 Å². The van der Waals surface area contributed by atoms with Crippen LogP contribution < -0.4 is 12.9 Å². The molecule has 8 nitrogen and oxygen atoms in total. The summed E-state index contributed by atoms with van der Waals surface area (Å²) in [5, 5.41) is 0. The minimum absolute atomic E-state index is 0.426. The molecule has 0 aliphatic heterocycles. The Bertz CT molecular complexity index is 2070. The minimum atomic E-state index is -3.62. The van der Waals surface area contributed by atoms with Crippen molar-refractivity contribution in [2.75, 3.05) is 12.5 Å². The van der Waals surface area contributed by atoms with E-state index < -0.39 is 20.2 Å². The van der Waals surface area contributed by atoms with Crippen LogP contribution in [0.25, 0.3) is 11.4 Å². The number of imidazole rings is 1. The first kappa shape index (κ1) is 31.2. The number of nitrogens with zero attached hydrogens (tertiary/aromatic N) is 2. The molecule has 10 heteroatoms. The van der Waals surface area contributed by atoms with Crippen molar-refractivity contribution in [1.82, 2.24) is 4.57 Å². The Balaban J connectivity index is 1.19. The summed E-state index contributed by atoms with van der Waals surface area (Å²) in [6.45, 7) is 0. The molecule has 0 N–H and O–H groups in total. The van der Waals surface area contributed by atoms with Crippen LogP contribution >= 0.6 is 0 Å². The molecule has 5 aromatic rings. The topological polar surface area (TPSA) is 95.6 Å². The lowest BCUT2D eigenvalue weighted by Gasteiger charge is -2.15. The van der Waals surface area contributed by atoms with E-state index >= 15 is 0 Å². The standard InChI is InChI=1S/C37H37N2O6S2/c1-46(40,41)44-36-23-28-5-13-30-11-3-26(7-15-32(36)17-9-28)21-34(30)38-19-20-39(25-38)35-22-27-4-12-31(35)14-6-29-10-18-33(16-8-27)37(24-29)45-47(2,42)43/h3-4,9-12,17-25H,5-8,13-16H2,1-2H3/q+1. The van der Waals surface area contributed by atoms with Crippen molar-refractivity contribution in [1.29, 1.82) is 0 Å². The Kier molecular flexibility index (Phi) is 8.18. The number of rotatable bonds is 6. The Morgan fingerprint density at radius 3 is 1.55 bits per heavy atom. The molecule has 47 heavy (non-hydrogen) atoms. The van der Waals surface area contributed by atoms with Gasteiger partial charge in [0.2, 0.25) is 0 Å². The number of hydrogen-bond acceptors (Lipinski definition) is 6. The molecule has 0 spiro atoms. The molecule has 242 valence electrons. The molecule has 0 saturated heterocycles. The summed E-state index contributed by atoms with van der Waals surface area (Å²) in [5.74, 6) is 0.852. The van der Waals surface area contributed by atoms with E-state index in [0.717, 1.165) is 84.7 Å². The second-order valence-electron chi connectivity index (χ2n) is 12.6. The van der Waals surface area contributed by atoms with Gasteiger partial charge in [-0.1, -0.05) is 48.5 Å². The summed E-state index contributed by atoms with van der Waals surface area (Å²) < 4.78 is 62.8. The summed E-state index contributed by atoms with van der Waals surface area (Å²) in [6, 6.07) is 25.1. The van der Waals surface area contributed by atoms with Gasteiger partial charge in [-0.3, -0.25) is 0 Å².